The normalized spacial score (nSPS) is 18.7. The molecule has 0 spiro atoms. The van der Waals surface area contributed by atoms with Crippen LogP contribution in [0.5, 0.6) is 0 Å². The van der Waals surface area contributed by atoms with Crippen LogP contribution in [0, 0.1) is 11.6 Å². The number of amides is 1. The van der Waals surface area contributed by atoms with E-state index in [0.29, 0.717) is 11.5 Å². The predicted octanol–water partition coefficient (Wildman–Crippen LogP) is 4.09. The molecular weight excluding hydrogens is 381 g/mol. The Morgan fingerprint density at radius 3 is 2.24 bits per heavy atom. The molecule has 2 rings (SSSR count). The van der Waals surface area contributed by atoms with E-state index >= 15 is 0 Å². The second-order valence-electron chi connectivity index (χ2n) is 9.06. The first-order chi connectivity index (χ1) is 13.1. The lowest BCUT2D eigenvalue weighted by Crippen LogP contribution is -2.41. The first-order valence-corrected chi connectivity index (χ1v) is 9.39. The lowest BCUT2D eigenvalue weighted by molar-refractivity contribution is 0.00578. The van der Waals surface area contributed by atoms with Crippen LogP contribution in [0.25, 0.3) is 6.08 Å². The van der Waals surface area contributed by atoms with Crippen molar-refractivity contribution in [2.75, 3.05) is 12.3 Å². The second kappa shape index (κ2) is 7.95. The Balaban J connectivity index is 2.34. The van der Waals surface area contributed by atoms with Crippen molar-refractivity contribution in [2.45, 2.75) is 65.3 Å². The summed E-state index contributed by atoms with van der Waals surface area (Å²) in [4.78, 5) is 12.1. The Morgan fingerprint density at radius 1 is 1.17 bits per heavy atom. The molecule has 1 aromatic rings. The molecule has 0 bridgehead atoms. The molecule has 0 atom stereocenters. The lowest BCUT2D eigenvalue weighted by Gasteiger charge is -2.32. The number of carbonyl (C=O) groups is 1. The molecule has 9 heteroatoms. The molecule has 1 fully saturated rings. The van der Waals surface area contributed by atoms with E-state index in [4.69, 9.17) is 19.8 Å². The van der Waals surface area contributed by atoms with Gasteiger partial charge in [-0.05, 0) is 60.0 Å². The molecule has 0 radical (unpaired) electrons. The molecule has 0 saturated carbocycles. The molecule has 0 aromatic heterocycles. The third kappa shape index (κ3) is 5.70. The fraction of sp³-hybridized carbons (Fsp3) is 0.550. The minimum atomic E-state index is -0.847. The molecule has 0 aliphatic carbocycles. The van der Waals surface area contributed by atoms with Gasteiger partial charge in [0, 0.05) is 18.2 Å². The van der Waals surface area contributed by atoms with Gasteiger partial charge < -0.3 is 25.1 Å². The molecule has 1 aromatic carbocycles. The molecule has 1 aliphatic rings. The third-order valence-corrected chi connectivity index (χ3v) is 4.85. The Bertz CT molecular complexity index is 803. The van der Waals surface area contributed by atoms with Gasteiger partial charge in [0.2, 0.25) is 0 Å². The number of nitrogen functional groups attached to an aromatic ring is 1. The highest BCUT2D eigenvalue weighted by atomic mass is 19.1. The quantitative estimate of drug-likeness (QED) is 0.577. The summed E-state index contributed by atoms with van der Waals surface area (Å²) >= 11 is 0. The average Bonchev–Trinajstić information content (AvgIpc) is 2.74. The standard InChI is InChI=1S/C20H29BF2N2O4/c1-18(2,3)27-17(26)25-11-13(21-28-19(4,5)20(6,7)29-21)8-12-9-16(24)15(23)10-14(12)22/h8-10H,11,24H2,1-7H3,(H,25,26). The first kappa shape index (κ1) is 23.2. The van der Waals surface area contributed by atoms with Crippen molar-refractivity contribution in [3.8, 4) is 0 Å². The van der Waals surface area contributed by atoms with Crippen LogP contribution in [0.1, 0.15) is 54.0 Å². The minimum Gasteiger partial charge on any atom is -0.444 e. The number of benzene rings is 1. The van der Waals surface area contributed by atoms with Crippen LogP contribution in [-0.4, -0.2) is 36.6 Å². The smallest absolute Gasteiger partial charge is 0.444 e. The minimum absolute atomic E-state index is 0.0253. The summed E-state index contributed by atoms with van der Waals surface area (Å²) in [5.74, 6) is -1.63. The van der Waals surface area contributed by atoms with Crippen LogP contribution in [0.4, 0.5) is 19.3 Å². The summed E-state index contributed by atoms with van der Waals surface area (Å²) in [5, 5.41) is 2.62. The molecule has 1 amide bonds. The van der Waals surface area contributed by atoms with Gasteiger partial charge in [-0.3, -0.25) is 0 Å². The van der Waals surface area contributed by atoms with E-state index in [2.05, 4.69) is 5.32 Å². The molecule has 29 heavy (non-hydrogen) atoms. The van der Waals surface area contributed by atoms with Crippen LogP contribution in [0.2, 0.25) is 0 Å². The summed E-state index contributed by atoms with van der Waals surface area (Å²) in [7, 11) is -0.847. The zero-order valence-electron chi connectivity index (χ0n) is 18.0. The number of alkyl carbamates (subject to hydrolysis) is 1. The first-order valence-electron chi connectivity index (χ1n) is 9.39. The van der Waals surface area contributed by atoms with E-state index in [1.807, 2.05) is 27.7 Å². The van der Waals surface area contributed by atoms with Gasteiger partial charge in [0.05, 0.1) is 16.9 Å². The number of nitrogens with two attached hydrogens (primary N) is 1. The summed E-state index contributed by atoms with van der Waals surface area (Å²) in [5.41, 5.74) is 3.93. The summed E-state index contributed by atoms with van der Waals surface area (Å²) in [6.45, 7) is 12.7. The predicted molar refractivity (Wildman–Crippen MR) is 109 cm³/mol. The van der Waals surface area contributed by atoms with E-state index < -0.39 is 41.6 Å². The highest BCUT2D eigenvalue weighted by Crippen LogP contribution is 2.39. The fourth-order valence-corrected chi connectivity index (χ4v) is 2.58. The van der Waals surface area contributed by atoms with Gasteiger partial charge in [0.1, 0.15) is 17.2 Å². The van der Waals surface area contributed by atoms with Crippen molar-refractivity contribution in [3.05, 3.63) is 34.8 Å². The van der Waals surface area contributed by atoms with E-state index in [-0.39, 0.29) is 17.8 Å². The Labute approximate surface area is 170 Å². The van der Waals surface area contributed by atoms with Gasteiger partial charge in [-0.2, -0.15) is 0 Å². The Hall–Kier alpha value is -2.13. The summed E-state index contributed by atoms with van der Waals surface area (Å²) < 4.78 is 45.0. The molecule has 6 nitrogen and oxygen atoms in total. The third-order valence-electron chi connectivity index (χ3n) is 4.85. The maximum atomic E-state index is 14.3. The zero-order chi connectivity index (χ0) is 22.2. The van der Waals surface area contributed by atoms with Gasteiger partial charge in [0.25, 0.3) is 0 Å². The molecule has 1 heterocycles. The number of hydrogen-bond donors (Lipinski definition) is 2. The molecule has 1 saturated heterocycles. The number of carbonyl (C=O) groups excluding carboxylic acids is 1. The number of nitrogens with one attached hydrogen (secondary N) is 1. The van der Waals surface area contributed by atoms with E-state index in [9.17, 15) is 13.6 Å². The maximum Gasteiger partial charge on any atom is 0.492 e. The van der Waals surface area contributed by atoms with Crippen molar-refractivity contribution in [1.29, 1.82) is 0 Å². The van der Waals surface area contributed by atoms with Gasteiger partial charge >= 0.3 is 13.2 Å². The van der Waals surface area contributed by atoms with Crippen LogP contribution in [0.3, 0.4) is 0 Å². The van der Waals surface area contributed by atoms with Crippen LogP contribution >= 0.6 is 0 Å². The van der Waals surface area contributed by atoms with Gasteiger partial charge in [-0.15, -0.1) is 0 Å². The Kier molecular flexibility index (Phi) is 6.35. The van der Waals surface area contributed by atoms with E-state index in [1.54, 1.807) is 20.8 Å². The molecule has 3 N–H and O–H groups in total. The average molecular weight is 410 g/mol. The molecule has 160 valence electrons. The number of ether oxygens (including phenoxy) is 1. The topological polar surface area (TPSA) is 82.8 Å². The van der Waals surface area contributed by atoms with Crippen molar-refractivity contribution in [3.63, 3.8) is 0 Å². The van der Waals surface area contributed by atoms with Gasteiger partial charge in [-0.25, -0.2) is 13.6 Å². The second-order valence-corrected chi connectivity index (χ2v) is 9.06. The lowest BCUT2D eigenvalue weighted by atomic mass is 9.77. The Morgan fingerprint density at radius 2 is 1.72 bits per heavy atom. The summed E-state index contributed by atoms with van der Waals surface area (Å²) in [6.07, 6.45) is 0.795. The van der Waals surface area contributed by atoms with Crippen molar-refractivity contribution < 1.29 is 27.6 Å². The van der Waals surface area contributed by atoms with Crippen molar-refractivity contribution in [2.24, 2.45) is 0 Å². The molecular formula is C20H29BF2N2O4. The number of halogens is 2. The van der Waals surface area contributed by atoms with Crippen LogP contribution < -0.4 is 11.1 Å². The van der Waals surface area contributed by atoms with Crippen molar-refractivity contribution >= 4 is 25.0 Å². The monoisotopic (exact) mass is 410 g/mol. The van der Waals surface area contributed by atoms with Crippen LogP contribution in [-0.2, 0) is 14.0 Å². The number of hydrogen-bond acceptors (Lipinski definition) is 5. The highest BCUT2D eigenvalue weighted by Gasteiger charge is 2.52. The summed E-state index contributed by atoms with van der Waals surface area (Å²) in [6, 6.07) is 1.90. The highest BCUT2D eigenvalue weighted by molar-refractivity contribution is 6.56. The van der Waals surface area contributed by atoms with E-state index in [0.717, 1.165) is 0 Å². The maximum absolute atomic E-state index is 14.3. The van der Waals surface area contributed by atoms with Gasteiger partial charge in [-0.1, -0.05) is 6.08 Å². The van der Waals surface area contributed by atoms with E-state index in [1.165, 1.54) is 12.1 Å². The van der Waals surface area contributed by atoms with Crippen LogP contribution in [0.15, 0.2) is 17.6 Å². The fourth-order valence-electron chi connectivity index (χ4n) is 2.58. The number of rotatable bonds is 4. The van der Waals surface area contributed by atoms with Gasteiger partial charge in [0.15, 0.2) is 0 Å². The SMILES string of the molecule is CC(C)(C)OC(=O)NCC(=Cc1cc(N)c(F)cc1F)B1OC(C)(C)C(C)(C)O1. The molecule has 0 unspecified atom stereocenters. The number of anilines is 1. The zero-order valence-corrected chi connectivity index (χ0v) is 18.0. The van der Waals surface area contributed by atoms with Crippen molar-refractivity contribution in [1.82, 2.24) is 5.32 Å². The largest absolute Gasteiger partial charge is 0.492 e. The molecule has 1 aliphatic heterocycles.